The lowest BCUT2D eigenvalue weighted by Crippen LogP contribution is -2.14. The number of allylic oxidation sites excluding steroid dienone is 1. The van der Waals surface area contributed by atoms with Gasteiger partial charge in [-0.25, -0.2) is 14.8 Å². The van der Waals surface area contributed by atoms with Gasteiger partial charge in [-0.1, -0.05) is 24.3 Å². The maximum Gasteiger partial charge on any atom is 0.340 e. The molecule has 0 radical (unpaired) electrons. The summed E-state index contributed by atoms with van der Waals surface area (Å²) >= 11 is 5.69. The summed E-state index contributed by atoms with van der Waals surface area (Å²) in [7, 11) is 0. The molecule has 1 aliphatic rings. The lowest BCUT2D eigenvalue weighted by molar-refractivity contribution is -0.385. The zero-order chi connectivity index (χ0) is 17.3. The van der Waals surface area contributed by atoms with Crippen molar-refractivity contribution < 1.29 is 14.8 Å². The molecular formula is C15H9ClN4O4. The Kier molecular flexibility index (Phi) is 3.97. The summed E-state index contributed by atoms with van der Waals surface area (Å²) in [5, 5.41) is 23.4. The molecule has 0 unspecified atom stereocenters. The molecule has 0 atom stereocenters. The van der Waals surface area contributed by atoms with Crippen LogP contribution in [0, 0.1) is 10.1 Å². The lowest BCUT2D eigenvalue weighted by atomic mass is 10.0. The van der Waals surface area contributed by atoms with E-state index in [4.69, 9.17) is 11.6 Å². The van der Waals surface area contributed by atoms with E-state index < -0.39 is 16.6 Å². The molecule has 0 spiro atoms. The number of nitrogens with zero attached hydrogens (tertiary/aromatic N) is 3. The average molecular weight is 345 g/mol. The number of para-hydroxylation sites is 1. The summed E-state index contributed by atoms with van der Waals surface area (Å²) in [4.78, 5) is 29.4. The number of nitrogens with one attached hydrogen (secondary N) is 1. The number of carboxylic acids is 1. The normalized spacial score (nSPS) is 14.5. The molecule has 120 valence electrons. The van der Waals surface area contributed by atoms with Gasteiger partial charge >= 0.3 is 11.7 Å². The number of hydrogen-bond donors (Lipinski definition) is 2. The number of halogens is 1. The highest BCUT2D eigenvalue weighted by molar-refractivity contribution is 6.28. The molecule has 1 aromatic heterocycles. The Labute approximate surface area is 140 Å². The van der Waals surface area contributed by atoms with Crippen LogP contribution in [-0.2, 0) is 4.79 Å². The van der Waals surface area contributed by atoms with E-state index in [1.165, 1.54) is 6.08 Å². The van der Waals surface area contributed by atoms with Gasteiger partial charge in [0.15, 0.2) is 5.69 Å². The van der Waals surface area contributed by atoms with Crippen molar-refractivity contribution in [2.75, 3.05) is 5.32 Å². The number of hydrogen-bond acceptors (Lipinski definition) is 6. The van der Waals surface area contributed by atoms with E-state index in [0.29, 0.717) is 5.69 Å². The van der Waals surface area contributed by atoms with Crippen LogP contribution in [0.2, 0.25) is 5.28 Å². The Morgan fingerprint density at radius 2 is 2.04 bits per heavy atom. The van der Waals surface area contributed by atoms with E-state index in [1.54, 1.807) is 18.2 Å². The first-order valence-corrected chi connectivity index (χ1v) is 7.04. The van der Waals surface area contributed by atoms with E-state index in [9.17, 15) is 20.0 Å². The van der Waals surface area contributed by atoms with Crippen LogP contribution in [0.25, 0.3) is 11.6 Å². The lowest BCUT2D eigenvalue weighted by Gasteiger charge is -2.17. The molecule has 0 saturated carbocycles. The number of nitro groups is 1. The van der Waals surface area contributed by atoms with Gasteiger partial charge < -0.3 is 10.4 Å². The Bertz CT molecular complexity index is 923. The summed E-state index contributed by atoms with van der Waals surface area (Å²) in [6.07, 6.45) is 4.11. The first-order chi connectivity index (χ1) is 11.5. The van der Waals surface area contributed by atoms with Crippen molar-refractivity contribution in [1.82, 2.24) is 9.97 Å². The number of aromatic nitrogens is 2. The molecule has 1 aromatic carbocycles. The van der Waals surface area contributed by atoms with Crippen LogP contribution < -0.4 is 5.32 Å². The predicted octanol–water partition coefficient (Wildman–Crippen LogP) is 2.97. The van der Waals surface area contributed by atoms with Crippen molar-refractivity contribution in [3.8, 4) is 0 Å². The number of carbonyl (C=O) groups is 1. The molecule has 2 aromatic rings. The van der Waals surface area contributed by atoms with Crippen LogP contribution >= 0.6 is 11.6 Å². The van der Waals surface area contributed by atoms with Crippen LogP contribution in [0.1, 0.15) is 11.3 Å². The number of aliphatic carboxylic acids is 1. The van der Waals surface area contributed by atoms with Crippen LogP contribution in [-0.4, -0.2) is 26.0 Å². The van der Waals surface area contributed by atoms with Gasteiger partial charge in [0.2, 0.25) is 5.28 Å². The highest BCUT2D eigenvalue weighted by Gasteiger charge is 2.28. The van der Waals surface area contributed by atoms with E-state index in [2.05, 4.69) is 15.3 Å². The molecule has 0 fully saturated rings. The second-order valence-corrected chi connectivity index (χ2v) is 5.11. The summed E-state index contributed by atoms with van der Waals surface area (Å²) in [6.45, 7) is 0. The summed E-state index contributed by atoms with van der Waals surface area (Å²) in [5.41, 5.74) is 0.436. The number of rotatable bonds is 3. The van der Waals surface area contributed by atoms with Gasteiger partial charge in [-0.05, 0) is 29.3 Å². The van der Waals surface area contributed by atoms with E-state index >= 15 is 0 Å². The molecule has 2 N–H and O–H groups in total. The second-order valence-electron chi connectivity index (χ2n) is 4.77. The molecular weight excluding hydrogens is 336 g/mol. The SMILES string of the molecule is O=C(O)/C(=C1/C=Cc2ccccc2N1)c1nc(Cl)ncc1[N+](=O)[O-]. The number of fused-ring (bicyclic) bond motifs is 1. The fourth-order valence-electron chi connectivity index (χ4n) is 2.28. The molecule has 9 heteroatoms. The molecule has 0 bridgehead atoms. The smallest absolute Gasteiger partial charge is 0.340 e. The monoisotopic (exact) mass is 344 g/mol. The third kappa shape index (κ3) is 2.82. The molecule has 24 heavy (non-hydrogen) atoms. The highest BCUT2D eigenvalue weighted by Crippen LogP contribution is 2.32. The Morgan fingerprint density at radius 3 is 2.75 bits per heavy atom. The summed E-state index contributed by atoms with van der Waals surface area (Å²) < 4.78 is 0. The van der Waals surface area contributed by atoms with Crippen molar-refractivity contribution in [2.24, 2.45) is 0 Å². The molecule has 2 heterocycles. The average Bonchev–Trinajstić information content (AvgIpc) is 2.54. The van der Waals surface area contributed by atoms with Gasteiger partial charge in [-0.15, -0.1) is 0 Å². The van der Waals surface area contributed by atoms with Gasteiger partial charge in [-0.2, -0.15) is 0 Å². The molecule has 1 aliphatic heterocycles. The minimum absolute atomic E-state index is 0.166. The highest BCUT2D eigenvalue weighted by atomic mass is 35.5. The fourth-order valence-corrected chi connectivity index (χ4v) is 2.41. The standard InChI is InChI=1S/C15H9ClN4O4/c16-15-17-7-11(20(23)24)13(19-15)12(14(21)22)10-6-5-8-3-1-2-4-9(8)18-10/h1-7,18H,(H,21,22)/b12-10-. The number of benzene rings is 1. The quantitative estimate of drug-likeness (QED) is 0.380. The van der Waals surface area contributed by atoms with Crippen molar-refractivity contribution in [1.29, 1.82) is 0 Å². The van der Waals surface area contributed by atoms with Crippen LogP contribution in [0.15, 0.2) is 42.2 Å². The van der Waals surface area contributed by atoms with Crippen LogP contribution in [0.4, 0.5) is 11.4 Å². The van der Waals surface area contributed by atoms with Gasteiger partial charge in [0.25, 0.3) is 0 Å². The Hall–Kier alpha value is -3.26. The van der Waals surface area contributed by atoms with Gasteiger partial charge in [0, 0.05) is 5.69 Å². The van der Waals surface area contributed by atoms with Crippen molar-refractivity contribution in [3.63, 3.8) is 0 Å². The Balaban J connectivity index is 2.22. The minimum Gasteiger partial charge on any atom is -0.478 e. The maximum atomic E-state index is 11.7. The minimum atomic E-state index is -1.38. The molecule has 0 aliphatic carbocycles. The van der Waals surface area contributed by atoms with Crippen molar-refractivity contribution in [2.45, 2.75) is 0 Å². The van der Waals surface area contributed by atoms with Crippen molar-refractivity contribution in [3.05, 3.63) is 68.9 Å². The van der Waals surface area contributed by atoms with Crippen molar-refractivity contribution >= 4 is 40.6 Å². The first kappa shape index (κ1) is 15.6. The largest absolute Gasteiger partial charge is 0.478 e. The second kappa shape index (κ2) is 6.09. The van der Waals surface area contributed by atoms with Gasteiger partial charge in [-0.3, -0.25) is 10.1 Å². The number of carboxylic acid groups (broad SMARTS) is 1. The molecule has 0 saturated heterocycles. The summed E-state index contributed by atoms with van der Waals surface area (Å²) in [5.74, 6) is -1.38. The maximum absolute atomic E-state index is 11.7. The Morgan fingerprint density at radius 1 is 1.29 bits per heavy atom. The van der Waals surface area contributed by atoms with E-state index in [1.807, 2.05) is 12.1 Å². The van der Waals surface area contributed by atoms with Gasteiger partial charge in [0.05, 0.1) is 10.6 Å². The van der Waals surface area contributed by atoms with Gasteiger partial charge in [0.1, 0.15) is 11.8 Å². The topological polar surface area (TPSA) is 118 Å². The zero-order valence-corrected chi connectivity index (χ0v) is 12.7. The number of anilines is 1. The first-order valence-electron chi connectivity index (χ1n) is 6.66. The zero-order valence-electron chi connectivity index (χ0n) is 11.9. The van der Waals surface area contributed by atoms with Crippen LogP contribution in [0.5, 0.6) is 0 Å². The summed E-state index contributed by atoms with van der Waals surface area (Å²) in [6, 6.07) is 7.24. The third-order valence-corrected chi connectivity index (χ3v) is 3.50. The van der Waals surface area contributed by atoms with Crippen LogP contribution in [0.3, 0.4) is 0 Å². The molecule has 0 amide bonds. The van der Waals surface area contributed by atoms with E-state index in [-0.39, 0.29) is 22.2 Å². The fraction of sp³-hybridized carbons (Fsp3) is 0. The predicted molar refractivity (Wildman–Crippen MR) is 87.4 cm³/mol. The molecule has 3 rings (SSSR count). The van der Waals surface area contributed by atoms with E-state index in [0.717, 1.165) is 11.8 Å². The third-order valence-electron chi connectivity index (χ3n) is 3.32. The molecule has 8 nitrogen and oxygen atoms in total.